The number of anilines is 1. The quantitative estimate of drug-likeness (QED) is 0.744. The Morgan fingerprint density at radius 3 is 3.00 bits per heavy atom. The first-order valence-electron chi connectivity index (χ1n) is 6.35. The zero-order valence-electron chi connectivity index (χ0n) is 11.2. The molecule has 21 heavy (non-hydrogen) atoms. The molecule has 7 heteroatoms. The van der Waals surface area contributed by atoms with Gasteiger partial charge in [0.2, 0.25) is 11.0 Å². The van der Waals surface area contributed by atoms with Crippen molar-refractivity contribution in [2.75, 3.05) is 5.32 Å². The number of oxazole rings is 1. The van der Waals surface area contributed by atoms with Crippen molar-refractivity contribution in [2.45, 2.75) is 13.3 Å². The third kappa shape index (κ3) is 2.75. The van der Waals surface area contributed by atoms with Crippen molar-refractivity contribution in [1.82, 2.24) is 15.2 Å². The van der Waals surface area contributed by atoms with Gasteiger partial charge in [0.1, 0.15) is 22.2 Å². The fraction of sp³-hybridized carbons (Fsp3) is 0.143. The summed E-state index contributed by atoms with van der Waals surface area (Å²) in [5, 5.41) is 21.8. The highest BCUT2D eigenvalue weighted by molar-refractivity contribution is 7.15. The molecule has 0 aliphatic rings. The second-order valence-corrected chi connectivity index (χ2v) is 5.22. The van der Waals surface area contributed by atoms with Gasteiger partial charge in [-0.1, -0.05) is 30.4 Å². The molecule has 0 unspecified atom stereocenters. The smallest absolute Gasteiger partial charge is 0.239 e. The number of allylic oxidation sites excluding steroid dienone is 1. The molecule has 6 nitrogen and oxygen atoms in total. The molecule has 0 saturated heterocycles. The molecule has 0 aliphatic heterocycles. The van der Waals surface area contributed by atoms with E-state index >= 15 is 0 Å². The molecule has 0 bridgehead atoms. The van der Waals surface area contributed by atoms with E-state index < -0.39 is 0 Å². The standard InChI is InChI=1S/C14H11N5OS/c1-2-12-18-19-14(21-12)16-8-9(7-15)13-17-10-5-3-4-6-11(10)20-13/h3-6,8H,2H2,1H3,(H,16,19)/b9-8+. The van der Waals surface area contributed by atoms with Gasteiger partial charge in [-0.3, -0.25) is 0 Å². The average molecular weight is 297 g/mol. The predicted octanol–water partition coefficient (Wildman–Crippen LogP) is 3.22. The van der Waals surface area contributed by atoms with Crippen molar-refractivity contribution in [2.24, 2.45) is 0 Å². The van der Waals surface area contributed by atoms with Crippen molar-refractivity contribution in [3.05, 3.63) is 41.4 Å². The van der Waals surface area contributed by atoms with Crippen LogP contribution in [-0.2, 0) is 6.42 Å². The molecule has 0 aliphatic carbocycles. The molecular weight excluding hydrogens is 286 g/mol. The van der Waals surface area contributed by atoms with Gasteiger partial charge >= 0.3 is 0 Å². The first-order valence-corrected chi connectivity index (χ1v) is 7.17. The second-order valence-electron chi connectivity index (χ2n) is 4.16. The van der Waals surface area contributed by atoms with Crippen LogP contribution >= 0.6 is 11.3 Å². The van der Waals surface area contributed by atoms with Crippen LogP contribution in [0, 0.1) is 11.3 Å². The summed E-state index contributed by atoms with van der Waals surface area (Å²) in [6, 6.07) is 9.45. The number of benzene rings is 1. The molecule has 1 aromatic carbocycles. The Kier molecular flexibility index (Phi) is 3.62. The lowest BCUT2D eigenvalue weighted by Gasteiger charge is -1.93. The maximum Gasteiger partial charge on any atom is 0.239 e. The van der Waals surface area contributed by atoms with Crippen molar-refractivity contribution in [1.29, 1.82) is 5.26 Å². The SMILES string of the molecule is CCc1nnc(N/C=C(\C#N)c2nc3ccccc3o2)s1. The molecule has 0 amide bonds. The van der Waals surface area contributed by atoms with E-state index in [0.717, 1.165) is 16.9 Å². The molecule has 0 spiro atoms. The van der Waals surface area contributed by atoms with E-state index in [9.17, 15) is 5.26 Å². The molecular formula is C14H11N5OS. The van der Waals surface area contributed by atoms with Gasteiger partial charge in [0.15, 0.2) is 5.58 Å². The molecule has 0 fully saturated rings. The number of nitrogens with zero attached hydrogens (tertiary/aromatic N) is 4. The third-order valence-corrected chi connectivity index (χ3v) is 3.75. The van der Waals surface area contributed by atoms with Gasteiger partial charge in [-0.25, -0.2) is 4.98 Å². The van der Waals surface area contributed by atoms with E-state index in [4.69, 9.17) is 4.42 Å². The fourth-order valence-electron chi connectivity index (χ4n) is 1.72. The highest BCUT2D eigenvalue weighted by Gasteiger charge is 2.10. The topological polar surface area (TPSA) is 87.6 Å². The monoisotopic (exact) mass is 297 g/mol. The molecule has 3 aromatic rings. The molecule has 2 heterocycles. The van der Waals surface area contributed by atoms with Crippen LogP contribution in [0.2, 0.25) is 0 Å². The Bertz CT molecular complexity index is 809. The van der Waals surface area contributed by atoms with Gasteiger partial charge in [-0.15, -0.1) is 10.2 Å². The second kappa shape index (κ2) is 5.73. The number of para-hydroxylation sites is 2. The van der Waals surface area contributed by atoms with Gasteiger partial charge in [-0.2, -0.15) is 5.26 Å². The minimum absolute atomic E-state index is 0.284. The van der Waals surface area contributed by atoms with Crippen LogP contribution in [0.25, 0.3) is 16.7 Å². The highest BCUT2D eigenvalue weighted by atomic mass is 32.1. The number of hydrogen-bond donors (Lipinski definition) is 1. The van der Waals surface area contributed by atoms with Crippen molar-refractivity contribution < 1.29 is 4.42 Å². The van der Waals surface area contributed by atoms with Gasteiger partial charge in [-0.05, 0) is 18.6 Å². The van der Waals surface area contributed by atoms with Crippen LogP contribution < -0.4 is 5.32 Å². The van der Waals surface area contributed by atoms with Gasteiger partial charge in [0.05, 0.1) is 0 Å². The Morgan fingerprint density at radius 1 is 1.43 bits per heavy atom. The summed E-state index contributed by atoms with van der Waals surface area (Å²) in [5.74, 6) is 0.284. The summed E-state index contributed by atoms with van der Waals surface area (Å²) < 4.78 is 5.56. The first kappa shape index (κ1) is 13.3. The normalized spacial score (nSPS) is 11.5. The Labute approximate surface area is 124 Å². The summed E-state index contributed by atoms with van der Waals surface area (Å²) in [4.78, 5) is 4.29. The van der Waals surface area contributed by atoms with Crippen LogP contribution in [0.3, 0.4) is 0 Å². The molecule has 0 saturated carbocycles. The molecule has 1 N–H and O–H groups in total. The Hall–Kier alpha value is -2.72. The summed E-state index contributed by atoms with van der Waals surface area (Å²) in [5.41, 5.74) is 1.68. The van der Waals surface area contributed by atoms with E-state index in [1.165, 1.54) is 17.5 Å². The number of aromatic nitrogens is 3. The lowest BCUT2D eigenvalue weighted by molar-refractivity contribution is 0.586. The number of aryl methyl sites for hydroxylation is 1. The Morgan fingerprint density at radius 2 is 2.29 bits per heavy atom. The maximum atomic E-state index is 9.24. The number of rotatable bonds is 4. The van der Waals surface area contributed by atoms with Crippen LogP contribution in [0.15, 0.2) is 34.9 Å². The van der Waals surface area contributed by atoms with Crippen molar-refractivity contribution in [3.8, 4) is 6.07 Å². The molecule has 2 aromatic heterocycles. The average Bonchev–Trinajstić information content (AvgIpc) is 3.14. The summed E-state index contributed by atoms with van der Waals surface area (Å²) >= 11 is 1.45. The number of hydrogen-bond acceptors (Lipinski definition) is 7. The maximum absolute atomic E-state index is 9.24. The number of fused-ring (bicyclic) bond motifs is 1. The van der Waals surface area contributed by atoms with Crippen LogP contribution in [0.1, 0.15) is 17.8 Å². The lowest BCUT2D eigenvalue weighted by atomic mass is 10.3. The van der Waals surface area contributed by atoms with E-state index in [-0.39, 0.29) is 5.89 Å². The van der Waals surface area contributed by atoms with E-state index in [2.05, 4.69) is 26.6 Å². The van der Waals surface area contributed by atoms with Gasteiger partial charge in [0, 0.05) is 6.20 Å². The van der Waals surface area contributed by atoms with Crippen molar-refractivity contribution in [3.63, 3.8) is 0 Å². The van der Waals surface area contributed by atoms with Gasteiger partial charge in [0.25, 0.3) is 0 Å². The highest BCUT2D eigenvalue weighted by Crippen LogP contribution is 2.21. The van der Waals surface area contributed by atoms with Crippen molar-refractivity contribution >= 4 is 33.1 Å². The zero-order chi connectivity index (χ0) is 14.7. The van der Waals surface area contributed by atoms with Crippen LogP contribution in [0.4, 0.5) is 5.13 Å². The summed E-state index contributed by atoms with van der Waals surface area (Å²) in [6.45, 7) is 2.01. The largest absolute Gasteiger partial charge is 0.435 e. The summed E-state index contributed by atoms with van der Waals surface area (Å²) in [6.07, 6.45) is 2.37. The molecule has 104 valence electrons. The number of nitriles is 1. The third-order valence-electron chi connectivity index (χ3n) is 2.75. The number of nitrogens with one attached hydrogen (secondary N) is 1. The zero-order valence-corrected chi connectivity index (χ0v) is 12.0. The van der Waals surface area contributed by atoms with Crippen LogP contribution in [-0.4, -0.2) is 15.2 Å². The fourth-order valence-corrected chi connectivity index (χ4v) is 2.37. The Balaban J connectivity index is 1.87. The summed E-state index contributed by atoms with van der Waals surface area (Å²) in [7, 11) is 0. The molecule has 0 radical (unpaired) electrons. The first-order chi connectivity index (χ1) is 10.3. The van der Waals surface area contributed by atoms with E-state index in [1.54, 1.807) is 0 Å². The van der Waals surface area contributed by atoms with E-state index in [0.29, 0.717) is 16.3 Å². The minimum atomic E-state index is 0.284. The van der Waals surface area contributed by atoms with Crippen LogP contribution in [0.5, 0.6) is 0 Å². The van der Waals surface area contributed by atoms with E-state index in [1.807, 2.05) is 31.2 Å². The lowest BCUT2D eigenvalue weighted by Crippen LogP contribution is -1.90. The predicted molar refractivity (Wildman–Crippen MR) is 80.5 cm³/mol. The minimum Gasteiger partial charge on any atom is -0.435 e. The molecule has 3 rings (SSSR count). The molecule has 0 atom stereocenters. The van der Waals surface area contributed by atoms with Gasteiger partial charge < -0.3 is 9.73 Å².